The molecule has 4 aromatic carbocycles. The van der Waals surface area contributed by atoms with Crippen molar-refractivity contribution in [2.24, 2.45) is 0 Å². The number of benzene rings is 4. The number of carbonyl (C=O) groups is 2. The van der Waals surface area contributed by atoms with Crippen LogP contribution in [0.25, 0.3) is 0 Å². The van der Waals surface area contributed by atoms with E-state index >= 15 is 0 Å². The summed E-state index contributed by atoms with van der Waals surface area (Å²) in [5.41, 5.74) is 8.77. The van der Waals surface area contributed by atoms with Crippen LogP contribution in [0, 0.1) is 13.8 Å². The molecule has 6 N–H and O–H groups in total. The van der Waals surface area contributed by atoms with Crippen LogP contribution >= 0.6 is 23.2 Å². The highest BCUT2D eigenvalue weighted by Crippen LogP contribution is 2.38. The highest BCUT2D eigenvalue weighted by molar-refractivity contribution is 7.89. The molecule has 2 aliphatic rings. The van der Waals surface area contributed by atoms with E-state index in [0.29, 0.717) is 49.1 Å². The maximum Gasteiger partial charge on any atom is 0.314 e. The Balaban J connectivity index is 0.707. The first-order valence-corrected chi connectivity index (χ1v) is 28.7. The predicted molar refractivity (Wildman–Crippen MR) is 287 cm³/mol. The topological polar surface area (TPSA) is 218 Å². The summed E-state index contributed by atoms with van der Waals surface area (Å²) in [6.45, 7) is 10.8. The number of unbranched alkanes of at least 4 members (excludes halogenated alkanes) is 1. The number of likely N-dealkylation sites (N-methyl/N-ethyl adjacent to an activating group) is 2. The van der Waals surface area contributed by atoms with Crippen molar-refractivity contribution in [3.05, 3.63) is 127 Å². The van der Waals surface area contributed by atoms with Crippen molar-refractivity contribution in [2.45, 2.75) is 61.4 Å². The quantitative estimate of drug-likeness (QED) is 0.0374. The Hall–Kier alpha value is -4.42. The van der Waals surface area contributed by atoms with Gasteiger partial charge < -0.3 is 50.0 Å². The monoisotopic (exact) mass is 1100 g/mol. The number of sulfonamides is 2. The van der Waals surface area contributed by atoms with Gasteiger partial charge in [0.05, 0.1) is 62.6 Å². The third-order valence-corrected chi connectivity index (χ3v) is 16.1. The molecule has 0 spiro atoms. The maximum atomic E-state index is 13.2. The van der Waals surface area contributed by atoms with Gasteiger partial charge in [0, 0.05) is 87.3 Å². The van der Waals surface area contributed by atoms with Crippen LogP contribution in [0.1, 0.15) is 69.2 Å². The Labute approximate surface area is 447 Å². The number of fused-ring (bicyclic) bond motifs is 2. The van der Waals surface area contributed by atoms with Gasteiger partial charge >= 0.3 is 12.1 Å². The number of urea groups is 2. The van der Waals surface area contributed by atoms with E-state index in [-0.39, 0.29) is 99.6 Å². The number of ether oxygens (including phenoxy) is 4. The van der Waals surface area contributed by atoms with Crippen molar-refractivity contribution in [1.29, 1.82) is 0 Å². The molecular weight excluding hydrogens is 1030 g/mol. The van der Waals surface area contributed by atoms with Gasteiger partial charge in [-0.15, -0.1) is 0 Å². The van der Waals surface area contributed by atoms with Crippen LogP contribution in [0.3, 0.4) is 0 Å². The molecular formula is C52H72Cl2N8O10S2. The zero-order valence-electron chi connectivity index (χ0n) is 42.8. The van der Waals surface area contributed by atoms with Gasteiger partial charge in [0.2, 0.25) is 20.0 Å². The van der Waals surface area contributed by atoms with Crippen molar-refractivity contribution < 1.29 is 45.4 Å². The van der Waals surface area contributed by atoms with Crippen LogP contribution in [0.15, 0.2) is 82.6 Å². The Kier molecular flexibility index (Phi) is 23.2. The number of amides is 4. The lowest BCUT2D eigenvalue weighted by molar-refractivity contribution is 0.0516. The molecule has 4 aromatic rings. The van der Waals surface area contributed by atoms with E-state index in [1.165, 1.54) is 11.1 Å². The number of aryl methyl sites for hydroxylation is 2. The Morgan fingerprint density at radius 1 is 0.527 bits per heavy atom. The molecule has 2 heterocycles. The fourth-order valence-corrected chi connectivity index (χ4v) is 11.8. The Morgan fingerprint density at radius 3 is 1.28 bits per heavy atom. The number of rotatable bonds is 29. The second-order valence-corrected chi connectivity index (χ2v) is 22.9. The molecule has 0 fully saturated rings. The number of hydrogen-bond donors (Lipinski definition) is 6. The molecule has 2 unspecified atom stereocenters. The molecule has 0 aliphatic carbocycles. The van der Waals surface area contributed by atoms with Crippen molar-refractivity contribution in [3.63, 3.8) is 0 Å². The molecule has 406 valence electrons. The first-order valence-electron chi connectivity index (χ1n) is 25.0. The molecule has 74 heavy (non-hydrogen) atoms. The van der Waals surface area contributed by atoms with E-state index in [1.54, 1.807) is 36.4 Å². The molecule has 0 radical (unpaired) electrons. The highest BCUT2D eigenvalue weighted by Gasteiger charge is 2.29. The normalized spacial score (nSPS) is 16.1. The lowest BCUT2D eigenvalue weighted by atomic mass is 9.83. The van der Waals surface area contributed by atoms with Gasteiger partial charge in [-0.1, -0.05) is 47.5 Å². The Bertz CT molecular complexity index is 2540. The average molecular weight is 1100 g/mol. The lowest BCUT2D eigenvalue weighted by Crippen LogP contribution is -2.39. The average Bonchev–Trinajstić information content (AvgIpc) is 3.36. The largest absolute Gasteiger partial charge is 0.378 e. The van der Waals surface area contributed by atoms with Crippen LogP contribution in [-0.2, 0) is 52.1 Å². The third kappa shape index (κ3) is 18.1. The predicted octanol–water partition coefficient (Wildman–Crippen LogP) is 5.47. The molecule has 6 rings (SSSR count). The summed E-state index contributed by atoms with van der Waals surface area (Å²) in [7, 11) is -3.41. The number of nitrogens with one attached hydrogen (secondary N) is 6. The van der Waals surface area contributed by atoms with Gasteiger partial charge in [-0.05, 0) is 134 Å². The molecule has 18 nitrogen and oxygen atoms in total. The first-order chi connectivity index (χ1) is 35.5. The van der Waals surface area contributed by atoms with Gasteiger partial charge in [-0.25, -0.2) is 35.9 Å². The minimum absolute atomic E-state index is 0.00943. The SMILES string of the molecule is Cc1cc(Cl)cc2c1CN(C)CC2c1cccc(S(=O)(=O)NCCOCCOCCNC(=O)NCCCCNC(=O)NCCOCCOCCNS(=O)(=O)c2cccc(C3CN(C)Cc4c(C)cc(Cl)cc43)c2)c1. The molecule has 0 saturated carbocycles. The van der Waals surface area contributed by atoms with E-state index in [2.05, 4.69) is 68.5 Å². The molecule has 4 amide bonds. The maximum absolute atomic E-state index is 13.2. The van der Waals surface area contributed by atoms with Crippen LogP contribution in [-0.4, -0.2) is 158 Å². The van der Waals surface area contributed by atoms with E-state index < -0.39 is 20.0 Å². The number of hydrogen-bond acceptors (Lipinski definition) is 12. The van der Waals surface area contributed by atoms with Crippen LogP contribution in [0.2, 0.25) is 10.0 Å². The molecule has 0 aromatic heterocycles. The summed E-state index contributed by atoms with van der Waals surface area (Å²) in [5, 5.41) is 12.3. The highest BCUT2D eigenvalue weighted by atomic mass is 35.5. The van der Waals surface area contributed by atoms with Crippen LogP contribution < -0.4 is 30.7 Å². The van der Waals surface area contributed by atoms with Crippen LogP contribution in [0.5, 0.6) is 0 Å². The molecule has 0 bridgehead atoms. The number of halogens is 2. The van der Waals surface area contributed by atoms with Gasteiger partial charge in [-0.3, -0.25) is 0 Å². The standard InChI is InChI=1S/C52H72Cl2N8O10S2/c1-37-27-41(53)31-45-47(37)33-61(3)35-49(45)39-9-7-11-43(29-39)73(65,66)59-17-21-71-25-23-69-19-15-57-51(63)55-13-5-6-14-56-52(64)58-16-20-70-24-26-72-22-18-60-74(67,68)44-12-8-10-40(30-44)50-36-62(4)34-48-38(2)28-42(54)32-46(48)50/h7-12,27-32,49-50,59-60H,5-6,13-26,33-36H2,1-4H3,(H2,55,57,63)(H2,56,58,64). The molecule has 2 aliphatic heterocycles. The summed E-state index contributed by atoms with van der Waals surface area (Å²) in [6.07, 6.45) is 1.32. The van der Waals surface area contributed by atoms with Crippen molar-refractivity contribution >= 4 is 55.3 Å². The second kappa shape index (κ2) is 29.2. The van der Waals surface area contributed by atoms with Crippen molar-refractivity contribution in [3.8, 4) is 0 Å². The van der Waals surface area contributed by atoms with Crippen LogP contribution in [0.4, 0.5) is 9.59 Å². The van der Waals surface area contributed by atoms with E-state index in [4.69, 9.17) is 42.1 Å². The van der Waals surface area contributed by atoms with Gasteiger partial charge in [0.1, 0.15) is 0 Å². The van der Waals surface area contributed by atoms with Gasteiger partial charge in [0.15, 0.2) is 0 Å². The summed E-state index contributed by atoms with van der Waals surface area (Å²) in [5.74, 6) is -0.0189. The summed E-state index contributed by atoms with van der Waals surface area (Å²) in [6, 6.07) is 21.3. The number of nitrogens with zero attached hydrogens (tertiary/aromatic N) is 2. The minimum atomic E-state index is -3.77. The van der Waals surface area contributed by atoms with Crippen molar-refractivity contribution in [2.75, 3.05) is 119 Å². The zero-order valence-corrected chi connectivity index (χ0v) is 45.9. The van der Waals surface area contributed by atoms with E-state index in [1.807, 2.05) is 36.4 Å². The minimum Gasteiger partial charge on any atom is -0.378 e. The summed E-state index contributed by atoms with van der Waals surface area (Å²) >= 11 is 12.8. The third-order valence-electron chi connectivity index (χ3n) is 12.7. The van der Waals surface area contributed by atoms with E-state index in [9.17, 15) is 26.4 Å². The Morgan fingerprint density at radius 2 is 0.892 bits per heavy atom. The van der Waals surface area contributed by atoms with Crippen molar-refractivity contribution in [1.82, 2.24) is 40.5 Å². The number of carbonyl (C=O) groups excluding carboxylic acids is 2. The molecule has 2 atom stereocenters. The second-order valence-electron chi connectivity index (χ2n) is 18.5. The summed E-state index contributed by atoms with van der Waals surface area (Å²) in [4.78, 5) is 29.1. The summed E-state index contributed by atoms with van der Waals surface area (Å²) < 4.78 is 80.0. The molecule has 0 saturated heterocycles. The fraction of sp³-hybridized carbons (Fsp3) is 0.500. The smallest absolute Gasteiger partial charge is 0.314 e. The molecule has 22 heteroatoms. The van der Waals surface area contributed by atoms with Gasteiger partial charge in [-0.2, -0.15) is 0 Å². The zero-order chi connectivity index (χ0) is 53.1. The fourth-order valence-electron chi connectivity index (χ4n) is 9.07. The first kappa shape index (κ1) is 58.8. The lowest BCUT2D eigenvalue weighted by Gasteiger charge is -2.34. The van der Waals surface area contributed by atoms with Gasteiger partial charge in [0.25, 0.3) is 0 Å². The van der Waals surface area contributed by atoms with E-state index in [0.717, 1.165) is 59.6 Å².